The number of halogens is 1. The average molecular weight is 582 g/mol. The molecule has 1 fully saturated rings. The van der Waals surface area contributed by atoms with Gasteiger partial charge in [0.05, 0.1) is 53.1 Å². The molecule has 2 aliphatic rings. The van der Waals surface area contributed by atoms with E-state index in [0.29, 0.717) is 31.1 Å². The second kappa shape index (κ2) is 12.0. The van der Waals surface area contributed by atoms with Crippen LogP contribution in [0.25, 0.3) is 16.6 Å². The number of pyridine rings is 1. The summed E-state index contributed by atoms with van der Waals surface area (Å²) in [5.74, 6) is 0.0338. The Labute approximate surface area is 248 Å². The van der Waals surface area contributed by atoms with Gasteiger partial charge in [0.1, 0.15) is 18.2 Å². The molecule has 0 unspecified atom stereocenters. The molecule has 0 radical (unpaired) electrons. The molecule has 0 saturated carbocycles. The number of nitrogens with zero attached hydrogens (tertiary/aromatic N) is 5. The van der Waals surface area contributed by atoms with Crippen molar-refractivity contribution in [1.29, 1.82) is 5.26 Å². The predicted octanol–water partition coefficient (Wildman–Crippen LogP) is 5.35. The van der Waals surface area contributed by atoms with Gasteiger partial charge in [-0.15, -0.1) is 0 Å². The minimum absolute atomic E-state index is 0.0102. The summed E-state index contributed by atoms with van der Waals surface area (Å²) in [4.78, 5) is 23.6. The molecule has 1 N–H and O–H groups in total. The lowest BCUT2D eigenvalue weighted by molar-refractivity contribution is -0.0592. The Bertz CT molecular complexity index is 1770. The Morgan fingerprint density at radius 1 is 1.21 bits per heavy atom. The molecular weight excluding hydrogens is 549 g/mol. The van der Waals surface area contributed by atoms with E-state index in [1.807, 2.05) is 19.1 Å². The molecule has 0 amide bonds. The number of fused-ring (bicyclic) bond motifs is 1. The highest BCUT2D eigenvalue weighted by atomic mass is 19.1. The first kappa shape index (κ1) is 28.5. The number of carboxylic acids is 1. The van der Waals surface area contributed by atoms with Crippen molar-refractivity contribution >= 4 is 22.6 Å². The van der Waals surface area contributed by atoms with Gasteiger partial charge >= 0.3 is 5.97 Å². The van der Waals surface area contributed by atoms with Crippen LogP contribution in [-0.2, 0) is 24.4 Å². The number of aryl methyl sites for hydroxylation is 1. The second-order valence-corrected chi connectivity index (χ2v) is 11.2. The first-order valence-electron chi connectivity index (χ1n) is 14.3. The van der Waals surface area contributed by atoms with E-state index in [4.69, 9.17) is 24.7 Å². The van der Waals surface area contributed by atoms with Gasteiger partial charge in [0.15, 0.2) is 0 Å². The molecule has 4 heterocycles. The molecule has 2 aromatic carbocycles. The van der Waals surface area contributed by atoms with Gasteiger partial charge in [0, 0.05) is 31.3 Å². The van der Waals surface area contributed by atoms with Gasteiger partial charge in [-0.3, -0.25) is 4.90 Å². The highest BCUT2D eigenvalue weighted by Crippen LogP contribution is 2.31. The first-order valence-corrected chi connectivity index (χ1v) is 14.3. The van der Waals surface area contributed by atoms with Gasteiger partial charge in [-0.1, -0.05) is 25.1 Å². The number of hydrogen-bond donors (Lipinski definition) is 1. The molecule has 6 rings (SSSR count). The summed E-state index contributed by atoms with van der Waals surface area (Å²) >= 11 is 0. The molecule has 1 saturated heterocycles. The van der Waals surface area contributed by atoms with Crippen LogP contribution in [0.1, 0.15) is 51.9 Å². The molecule has 0 bridgehead atoms. The van der Waals surface area contributed by atoms with E-state index in [0.717, 1.165) is 53.3 Å². The summed E-state index contributed by atoms with van der Waals surface area (Å²) in [6, 6.07) is 15.1. The van der Waals surface area contributed by atoms with Crippen molar-refractivity contribution in [1.82, 2.24) is 19.4 Å². The highest BCUT2D eigenvalue weighted by Gasteiger charge is 2.26. The van der Waals surface area contributed by atoms with Gasteiger partial charge in [-0.25, -0.2) is 19.2 Å². The van der Waals surface area contributed by atoms with Crippen LogP contribution in [0.3, 0.4) is 0 Å². The number of hydrogen-bond acceptors (Lipinski definition) is 7. The minimum Gasteiger partial charge on any atom is -0.478 e. The lowest BCUT2D eigenvalue weighted by Gasteiger charge is -2.32. The van der Waals surface area contributed by atoms with E-state index in [-0.39, 0.29) is 29.8 Å². The van der Waals surface area contributed by atoms with Crippen molar-refractivity contribution in [3.63, 3.8) is 0 Å². The second-order valence-electron chi connectivity index (χ2n) is 11.2. The third-order valence-electron chi connectivity index (χ3n) is 8.15. The number of ether oxygens (including phenoxy) is 2. The van der Waals surface area contributed by atoms with Gasteiger partial charge in [0.2, 0.25) is 5.88 Å². The highest BCUT2D eigenvalue weighted by molar-refractivity contribution is 5.92. The number of benzene rings is 2. The lowest BCUT2D eigenvalue weighted by Crippen LogP contribution is -2.35. The smallest absolute Gasteiger partial charge is 0.335 e. The van der Waals surface area contributed by atoms with E-state index in [1.54, 1.807) is 36.4 Å². The van der Waals surface area contributed by atoms with Crippen molar-refractivity contribution in [3.8, 4) is 11.9 Å². The monoisotopic (exact) mass is 581 g/mol. The molecule has 2 atom stereocenters. The van der Waals surface area contributed by atoms with Gasteiger partial charge < -0.3 is 19.1 Å². The summed E-state index contributed by atoms with van der Waals surface area (Å²) in [7, 11) is 0. The van der Waals surface area contributed by atoms with Crippen LogP contribution in [0, 0.1) is 30.0 Å². The van der Waals surface area contributed by atoms with Crippen molar-refractivity contribution in [3.05, 3.63) is 94.2 Å². The lowest BCUT2D eigenvalue weighted by atomic mass is 9.91. The number of aromatic nitrogens is 3. The third-order valence-corrected chi connectivity index (χ3v) is 8.15. The third kappa shape index (κ3) is 6.00. The maximum atomic E-state index is 14.3. The van der Waals surface area contributed by atoms with E-state index in [9.17, 15) is 14.3 Å². The zero-order valence-electron chi connectivity index (χ0n) is 24.1. The molecule has 2 aliphatic heterocycles. The van der Waals surface area contributed by atoms with Gasteiger partial charge in [-0.2, -0.15) is 5.26 Å². The van der Waals surface area contributed by atoms with Crippen molar-refractivity contribution in [2.24, 2.45) is 5.92 Å². The van der Waals surface area contributed by atoms with Crippen molar-refractivity contribution < 1.29 is 23.8 Å². The fourth-order valence-corrected chi connectivity index (χ4v) is 5.68. The van der Waals surface area contributed by atoms with Crippen LogP contribution >= 0.6 is 0 Å². The summed E-state index contributed by atoms with van der Waals surface area (Å²) < 4.78 is 28.0. The van der Waals surface area contributed by atoms with E-state index < -0.39 is 11.8 Å². The average Bonchev–Trinajstić information content (AvgIpc) is 3.31. The fraction of sp³-hybridized carbons (Fsp3) is 0.333. The van der Waals surface area contributed by atoms with Gasteiger partial charge in [0.25, 0.3) is 0 Å². The van der Waals surface area contributed by atoms with Crippen molar-refractivity contribution in [2.45, 2.75) is 46.1 Å². The summed E-state index contributed by atoms with van der Waals surface area (Å²) in [6.07, 6.45) is 3.27. The van der Waals surface area contributed by atoms with Crippen LogP contribution in [0.4, 0.5) is 4.39 Å². The topological polar surface area (TPSA) is 114 Å². The molecular formula is C33H32FN5O4. The fourth-order valence-electron chi connectivity index (χ4n) is 5.68. The molecule has 2 aromatic heterocycles. The summed E-state index contributed by atoms with van der Waals surface area (Å²) in [5, 5.41) is 18.5. The molecule has 220 valence electrons. The maximum Gasteiger partial charge on any atom is 0.335 e. The van der Waals surface area contributed by atoms with E-state index >= 15 is 0 Å². The Hall–Kier alpha value is -4.59. The number of carboxylic acid groups (broad SMARTS) is 1. The molecule has 4 aromatic rings. The number of rotatable bonds is 9. The quantitative estimate of drug-likeness (QED) is 0.281. The maximum absolute atomic E-state index is 14.3. The van der Waals surface area contributed by atoms with E-state index in [1.165, 1.54) is 6.07 Å². The largest absolute Gasteiger partial charge is 0.478 e. The number of nitriles is 1. The normalized spacial score (nSPS) is 18.6. The number of carbonyl (C=O) groups is 1. The Morgan fingerprint density at radius 2 is 2.05 bits per heavy atom. The van der Waals surface area contributed by atoms with Crippen LogP contribution in [0.2, 0.25) is 0 Å². The van der Waals surface area contributed by atoms with Crippen LogP contribution < -0.4 is 4.74 Å². The van der Waals surface area contributed by atoms with Crippen LogP contribution in [-0.4, -0.2) is 56.3 Å². The Morgan fingerprint density at radius 3 is 2.74 bits per heavy atom. The zero-order chi connectivity index (χ0) is 30.1. The number of aromatic carboxylic acids is 1. The standard InChI is InChI=1S/C33H32FN5O4/c1-20-3-8-31(43-19-24-5-4-22(15-35)13-27(24)34)37-32(20)26-9-11-38(16-21(26)2)18-30-36-28-7-6-23(33(40)41)14-29(28)39(30)17-25-10-12-42-25/h3-9,13-14,21,25H,10-12,16-19H2,1-2H3,(H,40,41)/t21-,25+/m1/s1. The van der Waals surface area contributed by atoms with Crippen LogP contribution in [0.15, 0.2) is 54.6 Å². The van der Waals surface area contributed by atoms with Gasteiger partial charge in [-0.05, 0) is 60.7 Å². The summed E-state index contributed by atoms with van der Waals surface area (Å²) in [6.45, 7) is 7.69. The van der Waals surface area contributed by atoms with E-state index in [2.05, 4.69) is 22.5 Å². The Kier molecular flexibility index (Phi) is 7.93. The summed E-state index contributed by atoms with van der Waals surface area (Å²) in [5.41, 5.74) is 5.47. The molecule has 0 spiro atoms. The van der Waals surface area contributed by atoms with Crippen molar-refractivity contribution in [2.75, 3.05) is 19.7 Å². The van der Waals surface area contributed by atoms with Crippen LogP contribution in [0.5, 0.6) is 5.88 Å². The zero-order valence-corrected chi connectivity index (χ0v) is 24.1. The minimum atomic E-state index is -0.960. The Balaban J connectivity index is 1.19. The molecule has 43 heavy (non-hydrogen) atoms. The predicted molar refractivity (Wildman–Crippen MR) is 158 cm³/mol. The molecule has 9 nitrogen and oxygen atoms in total. The molecule has 0 aliphatic carbocycles. The SMILES string of the molecule is Cc1ccc(OCc2ccc(C#N)cc2F)nc1C1=CCN(Cc2nc3ccc(C(=O)O)cc3n2C[C@@H]2CCO2)C[C@H]1C. The molecule has 10 heteroatoms. The number of imidazole rings is 1. The first-order chi connectivity index (χ1) is 20.8.